The number of hydrogen-bond acceptors (Lipinski definition) is 5. The van der Waals surface area contributed by atoms with Gasteiger partial charge in [-0.25, -0.2) is 4.98 Å². The van der Waals surface area contributed by atoms with Crippen molar-refractivity contribution in [3.8, 4) is 0 Å². The Labute approximate surface area is 122 Å². The number of ether oxygens (including phenoxy) is 1. The van der Waals surface area contributed by atoms with Crippen LogP contribution in [0.2, 0.25) is 0 Å². The van der Waals surface area contributed by atoms with Crippen molar-refractivity contribution in [2.24, 2.45) is 5.92 Å². The number of carbonyl (C=O) groups is 1. The molecule has 110 valence electrons. The molecule has 1 amide bonds. The molecule has 0 radical (unpaired) electrons. The highest BCUT2D eigenvalue weighted by atomic mass is 32.1. The minimum atomic E-state index is -0.656. The Bertz CT molecular complexity index is 469. The smallest absolute Gasteiger partial charge is 0.244 e. The molecular formula is C14H20N2O3S. The molecule has 2 rings (SSSR count). The second-order valence-corrected chi connectivity index (χ2v) is 6.26. The average Bonchev–Trinajstić information content (AvgIpc) is 3.15. The summed E-state index contributed by atoms with van der Waals surface area (Å²) in [4.78, 5) is 16.6. The van der Waals surface area contributed by atoms with Crippen LogP contribution in [0.1, 0.15) is 22.7 Å². The van der Waals surface area contributed by atoms with Gasteiger partial charge in [-0.3, -0.25) is 4.79 Å². The van der Waals surface area contributed by atoms with Crippen LogP contribution in [0.25, 0.3) is 6.08 Å². The Morgan fingerprint density at radius 2 is 2.50 bits per heavy atom. The number of aliphatic hydroxyl groups excluding tert-OH is 1. The monoisotopic (exact) mass is 296 g/mol. The predicted molar refractivity (Wildman–Crippen MR) is 78.4 cm³/mol. The van der Waals surface area contributed by atoms with Gasteiger partial charge in [0.2, 0.25) is 5.91 Å². The zero-order valence-corrected chi connectivity index (χ0v) is 12.4. The third kappa shape index (κ3) is 5.81. The number of aryl methyl sites for hydroxylation is 1. The van der Waals surface area contributed by atoms with E-state index in [0.717, 1.165) is 16.5 Å². The summed E-state index contributed by atoms with van der Waals surface area (Å²) in [5, 5.41) is 13.3. The summed E-state index contributed by atoms with van der Waals surface area (Å²) >= 11 is 1.53. The van der Waals surface area contributed by atoms with Gasteiger partial charge in [0.25, 0.3) is 0 Å². The number of aliphatic hydroxyl groups is 1. The summed E-state index contributed by atoms with van der Waals surface area (Å²) in [5.41, 5.74) is 0. The molecule has 1 aliphatic carbocycles. The molecule has 20 heavy (non-hydrogen) atoms. The molecule has 1 aromatic rings. The van der Waals surface area contributed by atoms with Crippen LogP contribution in [0.3, 0.4) is 0 Å². The molecule has 1 aliphatic rings. The van der Waals surface area contributed by atoms with Crippen molar-refractivity contribution in [2.45, 2.75) is 25.9 Å². The van der Waals surface area contributed by atoms with Gasteiger partial charge in [-0.05, 0) is 31.8 Å². The van der Waals surface area contributed by atoms with Crippen LogP contribution in [0.5, 0.6) is 0 Å². The molecule has 0 aromatic carbocycles. The number of carbonyl (C=O) groups excluding carboxylic acids is 1. The first kappa shape index (κ1) is 15.2. The molecular weight excluding hydrogens is 276 g/mol. The minimum Gasteiger partial charge on any atom is -0.389 e. The Morgan fingerprint density at radius 3 is 3.15 bits per heavy atom. The summed E-state index contributed by atoms with van der Waals surface area (Å²) < 4.78 is 5.36. The number of aromatic nitrogens is 1. The fourth-order valence-electron chi connectivity index (χ4n) is 1.60. The van der Waals surface area contributed by atoms with E-state index in [9.17, 15) is 9.90 Å². The maximum absolute atomic E-state index is 11.6. The van der Waals surface area contributed by atoms with Crippen molar-refractivity contribution in [1.29, 1.82) is 0 Å². The lowest BCUT2D eigenvalue weighted by atomic mass is 10.3. The van der Waals surface area contributed by atoms with Gasteiger partial charge in [0, 0.05) is 30.3 Å². The van der Waals surface area contributed by atoms with E-state index in [2.05, 4.69) is 10.3 Å². The van der Waals surface area contributed by atoms with Gasteiger partial charge in [0.1, 0.15) is 0 Å². The quantitative estimate of drug-likeness (QED) is 0.711. The Kier molecular flexibility index (Phi) is 5.70. The van der Waals surface area contributed by atoms with Crippen molar-refractivity contribution >= 4 is 23.3 Å². The lowest BCUT2D eigenvalue weighted by molar-refractivity contribution is -0.117. The number of rotatable bonds is 8. The molecule has 5 nitrogen and oxygen atoms in total. The van der Waals surface area contributed by atoms with Gasteiger partial charge in [0.15, 0.2) is 0 Å². The van der Waals surface area contributed by atoms with Crippen LogP contribution in [-0.2, 0) is 9.53 Å². The van der Waals surface area contributed by atoms with Crippen molar-refractivity contribution in [1.82, 2.24) is 10.3 Å². The van der Waals surface area contributed by atoms with Gasteiger partial charge >= 0.3 is 0 Å². The summed E-state index contributed by atoms with van der Waals surface area (Å²) in [5.74, 6) is 0.458. The van der Waals surface area contributed by atoms with Crippen molar-refractivity contribution in [3.05, 3.63) is 22.2 Å². The van der Waals surface area contributed by atoms with Crippen molar-refractivity contribution in [3.63, 3.8) is 0 Å². The van der Waals surface area contributed by atoms with Gasteiger partial charge in [-0.1, -0.05) is 0 Å². The molecule has 6 heteroatoms. The molecule has 0 aliphatic heterocycles. The highest BCUT2D eigenvalue weighted by molar-refractivity contribution is 7.12. The van der Waals surface area contributed by atoms with Gasteiger partial charge in [-0.2, -0.15) is 0 Å². The van der Waals surface area contributed by atoms with E-state index in [1.807, 2.05) is 6.92 Å². The molecule has 1 aromatic heterocycles. The standard InChI is InChI=1S/C14H20N2O3S/c1-10-15-7-13(20-10)4-5-14(18)16-6-12(17)9-19-8-11-2-3-11/h4-5,7,11-12,17H,2-3,6,8-9H2,1H3,(H,16,18)/b5-4+. The second kappa shape index (κ2) is 7.52. The van der Waals surface area contributed by atoms with E-state index >= 15 is 0 Å². The number of hydrogen-bond donors (Lipinski definition) is 2. The van der Waals surface area contributed by atoms with Crippen LogP contribution < -0.4 is 5.32 Å². The van der Waals surface area contributed by atoms with Gasteiger partial charge in [0.05, 0.1) is 17.7 Å². The molecule has 1 saturated carbocycles. The van der Waals surface area contributed by atoms with E-state index in [0.29, 0.717) is 5.92 Å². The predicted octanol–water partition coefficient (Wildman–Crippen LogP) is 1.37. The molecule has 1 fully saturated rings. The molecule has 0 saturated heterocycles. The molecule has 0 spiro atoms. The summed E-state index contributed by atoms with van der Waals surface area (Å²) in [6, 6.07) is 0. The molecule has 0 bridgehead atoms. The van der Waals surface area contributed by atoms with Crippen molar-refractivity contribution in [2.75, 3.05) is 19.8 Å². The van der Waals surface area contributed by atoms with E-state index in [4.69, 9.17) is 4.74 Å². The lowest BCUT2D eigenvalue weighted by Crippen LogP contribution is -2.33. The second-order valence-electron chi connectivity index (χ2n) is 4.99. The van der Waals surface area contributed by atoms with Crippen LogP contribution in [0.15, 0.2) is 12.3 Å². The number of nitrogens with zero attached hydrogens (tertiary/aromatic N) is 1. The summed E-state index contributed by atoms with van der Waals surface area (Å²) in [6.45, 7) is 3.11. The summed E-state index contributed by atoms with van der Waals surface area (Å²) in [7, 11) is 0. The average molecular weight is 296 g/mol. The molecule has 1 atom stereocenters. The lowest BCUT2D eigenvalue weighted by Gasteiger charge is -2.11. The first-order valence-electron chi connectivity index (χ1n) is 6.77. The fraction of sp³-hybridized carbons (Fsp3) is 0.571. The third-order valence-electron chi connectivity index (χ3n) is 2.91. The van der Waals surface area contributed by atoms with Gasteiger partial charge < -0.3 is 15.2 Å². The molecule has 1 unspecified atom stereocenters. The largest absolute Gasteiger partial charge is 0.389 e. The number of nitrogens with one attached hydrogen (secondary N) is 1. The van der Waals surface area contributed by atoms with Crippen LogP contribution >= 0.6 is 11.3 Å². The zero-order chi connectivity index (χ0) is 14.4. The van der Waals surface area contributed by atoms with E-state index < -0.39 is 6.10 Å². The van der Waals surface area contributed by atoms with E-state index in [-0.39, 0.29) is 19.1 Å². The highest BCUT2D eigenvalue weighted by Gasteiger charge is 2.21. The summed E-state index contributed by atoms with van der Waals surface area (Å²) in [6.07, 6.45) is 6.70. The zero-order valence-electron chi connectivity index (χ0n) is 11.5. The third-order valence-corrected chi connectivity index (χ3v) is 3.79. The normalized spacial score (nSPS) is 16.5. The van der Waals surface area contributed by atoms with Crippen LogP contribution in [0, 0.1) is 12.8 Å². The molecule has 1 heterocycles. The topological polar surface area (TPSA) is 71.5 Å². The number of thiazole rings is 1. The first-order chi connectivity index (χ1) is 9.63. The highest BCUT2D eigenvalue weighted by Crippen LogP contribution is 2.28. The minimum absolute atomic E-state index is 0.204. The Hall–Kier alpha value is -1.24. The van der Waals surface area contributed by atoms with Crippen LogP contribution in [0.4, 0.5) is 0 Å². The SMILES string of the molecule is Cc1ncc(/C=C/C(=O)NCC(O)COCC2CC2)s1. The Balaban J connectivity index is 1.59. The van der Waals surface area contributed by atoms with E-state index in [1.54, 1.807) is 12.3 Å². The van der Waals surface area contributed by atoms with Crippen molar-refractivity contribution < 1.29 is 14.6 Å². The maximum atomic E-state index is 11.6. The maximum Gasteiger partial charge on any atom is 0.244 e. The van der Waals surface area contributed by atoms with Crippen LogP contribution in [-0.4, -0.2) is 41.9 Å². The number of amides is 1. The van der Waals surface area contributed by atoms with E-state index in [1.165, 1.54) is 30.3 Å². The first-order valence-corrected chi connectivity index (χ1v) is 7.59. The van der Waals surface area contributed by atoms with Gasteiger partial charge in [-0.15, -0.1) is 11.3 Å². The molecule has 2 N–H and O–H groups in total. The Morgan fingerprint density at radius 1 is 1.70 bits per heavy atom. The fourth-order valence-corrected chi connectivity index (χ4v) is 2.29.